The van der Waals surface area contributed by atoms with Gasteiger partial charge in [-0.15, -0.1) is 13.2 Å². The topological polar surface area (TPSA) is 9.23 Å². The summed E-state index contributed by atoms with van der Waals surface area (Å²) < 4.78 is 6.13. The van der Waals surface area contributed by atoms with Gasteiger partial charge >= 0.3 is 0 Å². The molecule has 2 rings (SSSR count). The van der Waals surface area contributed by atoms with E-state index in [9.17, 15) is 0 Å². The van der Waals surface area contributed by atoms with Crippen LogP contribution in [0.4, 0.5) is 0 Å². The van der Waals surface area contributed by atoms with Gasteiger partial charge in [0.1, 0.15) is 5.75 Å². The third-order valence-electron chi connectivity index (χ3n) is 4.14. The van der Waals surface area contributed by atoms with E-state index in [2.05, 4.69) is 31.4 Å². The number of benzene rings is 1. The van der Waals surface area contributed by atoms with Crippen LogP contribution in [0.3, 0.4) is 0 Å². The van der Waals surface area contributed by atoms with Gasteiger partial charge < -0.3 is 4.74 Å². The average Bonchev–Trinajstić information content (AvgIpc) is 2.49. The van der Waals surface area contributed by atoms with Gasteiger partial charge in [0, 0.05) is 5.56 Å². The summed E-state index contributed by atoms with van der Waals surface area (Å²) in [5.74, 6) is 1.78. The molecule has 0 aromatic heterocycles. The van der Waals surface area contributed by atoms with Crippen molar-refractivity contribution in [3.8, 4) is 5.75 Å². The third kappa shape index (κ3) is 4.00. The minimum Gasteiger partial charge on any atom is -0.493 e. The van der Waals surface area contributed by atoms with Crippen molar-refractivity contribution in [1.82, 2.24) is 0 Å². The van der Waals surface area contributed by atoms with Crippen molar-refractivity contribution < 1.29 is 4.74 Å². The molecular formula is C19H26O. The highest BCUT2D eigenvalue weighted by atomic mass is 16.5. The molecule has 0 radical (unpaired) electrons. The number of hydrogen-bond acceptors (Lipinski definition) is 1. The highest BCUT2D eigenvalue weighted by molar-refractivity contribution is 5.42. The fraction of sp³-hybridized carbons (Fsp3) is 0.474. The Labute approximate surface area is 123 Å². The highest BCUT2D eigenvalue weighted by Gasteiger charge is 2.15. The van der Waals surface area contributed by atoms with Gasteiger partial charge in [0.2, 0.25) is 0 Å². The molecule has 1 aromatic carbocycles. The summed E-state index contributed by atoms with van der Waals surface area (Å²) in [6.45, 7) is 8.57. The molecule has 0 N–H and O–H groups in total. The maximum atomic E-state index is 6.13. The van der Waals surface area contributed by atoms with Crippen LogP contribution in [0.15, 0.2) is 43.5 Å². The summed E-state index contributed by atoms with van der Waals surface area (Å²) in [6.07, 6.45) is 12.4. The van der Waals surface area contributed by atoms with Crippen molar-refractivity contribution >= 4 is 0 Å². The Morgan fingerprint density at radius 1 is 1.05 bits per heavy atom. The van der Waals surface area contributed by atoms with E-state index < -0.39 is 0 Å². The third-order valence-corrected chi connectivity index (χ3v) is 4.14. The molecule has 1 aliphatic carbocycles. The minimum atomic E-state index is 0.739. The molecule has 1 heteroatoms. The number of ether oxygens (including phenoxy) is 1. The van der Waals surface area contributed by atoms with Crippen molar-refractivity contribution in [2.24, 2.45) is 5.92 Å². The Morgan fingerprint density at radius 2 is 1.80 bits per heavy atom. The molecule has 0 bridgehead atoms. The lowest BCUT2D eigenvalue weighted by Crippen LogP contribution is -2.16. The molecule has 0 atom stereocenters. The minimum absolute atomic E-state index is 0.739. The molecule has 20 heavy (non-hydrogen) atoms. The van der Waals surface area contributed by atoms with Gasteiger partial charge in [-0.2, -0.15) is 0 Å². The zero-order chi connectivity index (χ0) is 14.2. The van der Waals surface area contributed by atoms with Gasteiger partial charge in [0.15, 0.2) is 0 Å². The summed E-state index contributed by atoms with van der Waals surface area (Å²) in [4.78, 5) is 0. The summed E-state index contributed by atoms with van der Waals surface area (Å²) in [6, 6.07) is 6.34. The molecule has 1 aromatic rings. The molecule has 0 amide bonds. The fourth-order valence-electron chi connectivity index (χ4n) is 3.03. The van der Waals surface area contributed by atoms with Crippen molar-refractivity contribution in [1.29, 1.82) is 0 Å². The van der Waals surface area contributed by atoms with Gasteiger partial charge in [0.25, 0.3) is 0 Å². The molecule has 0 spiro atoms. The van der Waals surface area contributed by atoms with Crippen LogP contribution in [-0.4, -0.2) is 6.61 Å². The van der Waals surface area contributed by atoms with Crippen LogP contribution < -0.4 is 4.74 Å². The Balaban J connectivity index is 2.06. The van der Waals surface area contributed by atoms with Crippen LogP contribution in [0.1, 0.15) is 43.2 Å². The van der Waals surface area contributed by atoms with E-state index in [-0.39, 0.29) is 0 Å². The Kier molecular flexibility index (Phi) is 5.91. The van der Waals surface area contributed by atoms with Crippen LogP contribution in [-0.2, 0) is 12.8 Å². The lowest BCUT2D eigenvalue weighted by molar-refractivity contribution is 0.207. The first-order valence-corrected chi connectivity index (χ1v) is 7.80. The van der Waals surface area contributed by atoms with E-state index in [1.165, 1.54) is 43.2 Å². The van der Waals surface area contributed by atoms with Crippen molar-refractivity contribution in [3.05, 3.63) is 54.6 Å². The second kappa shape index (κ2) is 7.94. The van der Waals surface area contributed by atoms with Crippen molar-refractivity contribution in [2.75, 3.05) is 6.61 Å². The van der Waals surface area contributed by atoms with Gasteiger partial charge in [-0.05, 0) is 43.2 Å². The summed E-state index contributed by atoms with van der Waals surface area (Å²) in [5.41, 5.74) is 2.58. The van der Waals surface area contributed by atoms with E-state index in [0.717, 1.165) is 31.1 Å². The normalized spacial score (nSPS) is 15.8. The molecule has 0 saturated heterocycles. The Bertz CT molecular complexity index is 441. The number of hydrogen-bond donors (Lipinski definition) is 0. The molecule has 1 nitrogen and oxygen atoms in total. The lowest BCUT2D eigenvalue weighted by Gasteiger charge is -2.23. The van der Waals surface area contributed by atoms with E-state index in [1.807, 2.05) is 12.2 Å². The first kappa shape index (κ1) is 14.9. The summed E-state index contributed by atoms with van der Waals surface area (Å²) in [7, 11) is 0. The number of allylic oxidation sites excluding steroid dienone is 2. The second-order valence-electron chi connectivity index (χ2n) is 5.69. The van der Waals surface area contributed by atoms with Gasteiger partial charge in [-0.3, -0.25) is 0 Å². The van der Waals surface area contributed by atoms with Gasteiger partial charge in [0.05, 0.1) is 6.61 Å². The van der Waals surface area contributed by atoms with Crippen LogP contribution in [0.2, 0.25) is 0 Å². The van der Waals surface area contributed by atoms with Gasteiger partial charge in [-0.1, -0.05) is 43.5 Å². The van der Waals surface area contributed by atoms with E-state index in [1.54, 1.807) is 0 Å². The predicted molar refractivity (Wildman–Crippen MR) is 86.3 cm³/mol. The zero-order valence-corrected chi connectivity index (χ0v) is 12.4. The number of rotatable bonds is 7. The standard InChI is InChI=1S/C19H26O/c1-3-9-17-13-8-14-19(18(17)10-4-2)20-15-16-11-6-5-7-12-16/h3-4,8,13-14,16H,1-2,5-7,9-12,15H2. The van der Waals surface area contributed by atoms with E-state index in [4.69, 9.17) is 4.74 Å². The first-order chi connectivity index (χ1) is 9.85. The van der Waals surface area contributed by atoms with Gasteiger partial charge in [-0.25, -0.2) is 0 Å². The maximum absolute atomic E-state index is 6.13. The average molecular weight is 270 g/mol. The molecule has 1 saturated carbocycles. The zero-order valence-electron chi connectivity index (χ0n) is 12.4. The van der Waals surface area contributed by atoms with Crippen LogP contribution in [0.5, 0.6) is 5.75 Å². The molecule has 108 valence electrons. The van der Waals surface area contributed by atoms with Crippen molar-refractivity contribution in [3.63, 3.8) is 0 Å². The molecule has 0 aliphatic heterocycles. The monoisotopic (exact) mass is 270 g/mol. The van der Waals surface area contributed by atoms with Crippen LogP contribution in [0, 0.1) is 5.92 Å². The second-order valence-corrected chi connectivity index (χ2v) is 5.69. The van der Waals surface area contributed by atoms with E-state index >= 15 is 0 Å². The van der Waals surface area contributed by atoms with E-state index in [0.29, 0.717) is 0 Å². The Morgan fingerprint density at radius 3 is 2.50 bits per heavy atom. The molecule has 0 heterocycles. The molecule has 1 aliphatic rings. The van der Waals surface area contributed by atoms with Crippen LogP contribution >= 0.6 is 0 Å². The fourth-order valence-corrected chi connectivity index (χ4v) is 3.03. The maximum Gasteiger partial charge on any atom is 0.123 e. The summed E-state index contributed by atoms with van der Waals surface area (Å²) in [5, 5.41) is 0. The Hall–Kier alpha value is -1.50. The molecular weight excluding hydrogens is 244 g/mol. The SMILES string of the molecule is C=CCc1cccc(OCC2CCCCC2)c1CC=C. The first-order valence-electron chi connectivity index (χ1n) is 7.80. The molecule has 0 unspecified atom stereocenters. The quantitative estimate of drug-likeness (QED) is 0.626. The lowest BCUT2D eigenvalue weighted by atomic mass is 9.90. The largest absolute Gasteiger partial charge is 0.493 e. The van der Waals surface area contributed by atoms with Crippen molar-refractivity contribution in [2.45, 2.75) is 44.9 Å². The molecule has 1 fully saturated rings. The highest BCUT2D eigenvalue weighted by Crippen LogP contribution is 2.28. The van der Waals surface area contributed by atoms with Crippen LogP contribution in [0.25, 0.3) is 0 Å². The predicted octanol–water partition coefficient (Wildman–Crippen LogP) is 5.10. The summed E-state index contributed by atoms with van der Waals surface area (Å²) >= 11 is 0. The smallest absolute Gasteiger partial charge is 0.123 e.